The minimum atomic E-state index is -3.46. The summed E-state index contributed by atoms with van der Waals surface area (Å²) in [6, 6.07) is 7.46. The van der Waals surface area contributed by atoms with Crippen molar-refractivity contribution in [2.24, 2.45) is 0 Å². The highest BCUT2D eigenvalue weighted by molar-refractivity contribution is 7.89. The summed E-state index contributed by atoms with van der Waals surface area (Å²) < 4.78 is 27.3. The molecular weight excluding hydrogens is 374 g/mol. The second-order valence-electron chi connectivity index (χ2n) is 8.47. The number of nitrogens with zero attached hydrogens (tertiary/aromatic N) is 2. The number of hydrogen-bond acceptors (Lipinski definition) is 3. The molecule has 2 aliphatic heterocycles. The van der Waals surface area contributed by atoms with Crippen LogP contribution in [0.1, 0.15) is 45.6 Å². The van der Waals surface area contributed by atoms with Gasteiger partial charge in [-0.2, -0.15) is 4.31 Å². The van der Waals surface area contributed by atoms with Gasteiger partial charge in [0.1, 0.15) is 0 Å². The van der Waals surface area contributed by atoms with Crippen molar-refractivity contribution < 1.29 is 18.1 Å². The summed E-state index contributed by atoms with van der Waals surface area (Å²) in [5, 5.41) is 0. The van der Waals surface area contributed by atoms with Gasteiger partial charge in [0.05, 0.1) is 31.1 Å². The van der Waals surface area contributed by atoms with Gasteiger partial charge in [0, 0.05) is 12.1 Å². The van der Waals surface area contributed by atoms with Crippen LogP contribution in [0, 0.1) is 6.92 Å². The SMILES string of the molecule is Cc1ccc(S(=O)(=O)N2CC[NH+]([C@@H](C)C(=O)N3[C@@H](C)CCC[C@@H]3C)CC2)cc1. The number of carbonyl (C=O) groups is 1. The number of carbonyl (C=O) groups excluding carboxylic acids is 1. The number of quaternary nitrogens is 1. The number of likely N-dealkylation sites (tertiary alicyclic amines) is 1. The average molecular weight is 409 g/mol. The molecule has 1 aromatic carbocycles. The molecule has 0 radical (unpaired) electrons. The fourth-order valence-electron chi connectivity index (χ4n) is 4.56. The predicted octanol–water partition coefficient (Wildman–Crippen LogP) is 1.06. The molecule has 2 saturated heterocycles. The smallest absolute Gasteiger partial charge is 0.281 e. The molecule has 6 nitrogen and oxygen atoms in total. The van der Waals surface area contributed by atoms with Crippen molar-refractivity contribution in [2.75, 3.05) is 26.2 Å². The molecule has 0 bridgehead atoms. The van der Waals surface area contributed by atoms with Crippen molar-refractivity contribution in [3.63, 3.8) is 0 Å². The zero-order valence-electron chi connectivity index (χ0n) is 17.5. The number of piperazine rings is 1. The third kappa shape index (κ3) is 4.26. The number of rotatable bonds is 4. The van der Waals surface area contributed by atoms with Crippen LogP contribution in [-0.4, -0.2) is 67.8 Å². The van der Waals surface area contributed by atoms with Crippen LogP contribution >= 0.6 is 0 Å². The number of aryl methyl sites for hydroxylation is 1. The van der Waals surface area contributed by atoms with Crippen LogP contribution in [-0.2, 0) is 14.8 Å². The van der Waals surface area contributed by atoms with Crippen molar-refractivity contribution in [2.45, 2.75) is 70.0 Å². The molecule has 2 aliphatic rings. The van der Waals surface area contributed by atoms with Gasteiger partial charge in [-0.25, -0.2) is 8.42 Å². The largest absolute Gasteiger partial charge is 0.332 e. The minimum Gasteiger partial charge on any atom is -0.332 e. The summed E-state index contributed by atoms with van der Waals surface area (Å²) in [5.41, 5.74) is 1.04. The molecule has 2 heterocycles. The molecule has 28 heavy (non-hydrogen) atoms. The van der Waals surface area contributed by atoms with E-state index in [-0.39, 0.29) is 11.9 Å². The minimum absolute atomic E-state index is 0.132. The van der Waals surface area contributed by atoms with E-state index < -0.39 is 10.0 Å². The maximum atomic E-state index is 13.1. The van der Waals surface area contributed by atoms with Crippen LogP contribution in [0.5, 0.6) is 0 Å². The van der Waals surface area contributed by atoms with Gasteiger partial charge < -0.3 is 9.80 Å². The molecule has 0 aromatic heterocycles. The normalized spacial score (nSPS) is 26.2. The molecule has 0 aliphatic carbocycles. The first-order chi connectivity index (χ1) is 13.2. The molecule has 3 atom stereocenters. The third-order valence-electron chi connectivity index (χ3n) is 6.45. The van der Waals surface area contributed by atoms with E-state index in [0.717, 1.165) is 18.4 Å². The lowest BCUT2D eigenvalue weighted by Gasteiger charge is -2.42. The van der Waals surface area contributed by atoms with Crippen LogP contribution in [0.2, 0.25) is 0 Å². The number of benzene rings is 1. The van der Waals surface area contributed by atoms with Crippen molar-refractivity contribution in [1.82, 2.24) is 9.21 Å². The van der Waals surface area contributed by atoms with Crippen LogP contribution in [0.4, 0.5) is 0 Å². The van der Waals surface area contributed by atoms with Crippen molar-refractivity contribution >= 4 is 15.9 Å². The Morgan fingerprint density at radius 3 is 2.14 bits per heavy atom. The Bertz CT molecular complexity index is 776. The quantitative estimate of drug-likeness (QED) is 0.811. The Hall–Kier alpha value is -1.44. The van der Waals surface area contributed by atoms with Gasteiger partial charge in [-0.05, 0) is 59.1 Å². The van der Waals surface area contributed by atoms with E-state index >= 15 is 0 Å². The molecule has 0 spiro atoms. The highest BCUT2D eigenvalue weighted by Crippen LogP contribution is 2.23. The summed E-state index contributed by atoms with van der Waals surface area (Å²) in [4.78, 5) is 16.7. The summed E-state index contributed by atoms with van der Waals surface area (Å²) in [7, 11) is -3.46. The third-order valence-corrected chi connectivity index (χ3v) is 8.37. The van der Waals surface area contributed by atoms with E-state index in [1.54, 1.807) is 16.4 Å². The maximum absolute atomic E-state index is 13.1. The molecule has 156 valence electrons. The molecule has 1 aromatic rings. The Morgan fingerprint density at radius 1 is 1.07 bits per heavy atom. The molecule has 0 saturated carbocycles. The lowest BCUT2D eigenvalue weighted by molar-refractivity contribution is -0.918. The molecule has 0 unspecified atom stereocenters. The van der Waals surface area contributed by atoms with E-state index in [2.05, 4.69) is 18.7 Å². The van der Waals surface area contributed by atoms with Gasteiger partial charge in [0.25, 0.3) is 5.91 Å². The maximum Gasteiger partial charge on any atom is 0.281 e. The first-order valence-electron chi connectivity index (χ1n) is 10.5. The van der Waals surface area contributed by atoms with Gasteiger partial charge in [0.2, 0.25) is 10.0 Å². The summed E-state index contributed by atoms with van der Waals surface area (Å²) in [6.45, 7) is 10.5. The van der Waals surface area contributed by atoms with Gasteiger partial charge in [0.15, 0.2) is 6.04 Å². The summed E-state index contributed by atoms with van der Waals surface area (Å²) in [5.74, 6) is 0.213. The highest BCUT2D eigenvalue weighted by Gasteiger charge is 2.39. The second-order valence-corrected chi connectivity index (χ2v) is 10.4. The Morgan fingerprint density at radius 2 is 1.61 bits per heavy atom. The monoisotopic (exact) mass is 408 g/mol. The standard InChI is InChI=1S/C21H33N3O3S/c1-16-8-10-20(11-9-16)28(26,27)23-14-12-22(13-15-23)19(4)21(25)24-17(2)6-5-7-18(24)3/h8-11,17-19H,5-7,12-15H2,1-4H3/p+1/t17-,18-,19-/m0/s1. The fraction of sp³-hybridized carbons (Fsp3) is 0.667. The Labute approximate surface area is 169 Å². The van der Waals surface area contributed by atoms with Crippen LogP contribution in [0.15, 0.2) is 29.2 Å². The van der Waals surface area contributed by atoms with Crippen molar-refractivity contribution in [1.29, 1.82) is 0 Å². The van der Waals surface area contributed by atoms with Gasteiger partial charge in [-0.1, -0.05) is 17.7 Å². The van der Waals surface area contributed by atoms with Crippen LogP contribution in [0.25, 0.3) is 0 Å². The highest BCUT2D eigenvalue weighted by atomic mass is 32.2. The van der Waals surface area contributed by atoms with E-state index in [1.807, 2.05) is 26.0 Å². The molecular formula is C21H34N3O3S+. The van der Waals surface area contributed by atoms with E-state index in [4.69, 9.17) is 0 Å². The Kier molecular flexibility index (Phi) is 6.47. The number of sulfonamides is 1. The number of hydrogen-bond donors (Lipinski definition) is 1. The molecule has 2 fully saturated rings. The lowest BCUT2D eigenvalue weighted by Crippen LogP contribution is -3.19. The number of nitrogens with one attached hydrogen (secondary N) is 1. The lowest BCUT2D eigenvalue weighted by atomic mass is 9.96. The molecule has 1 N–H and O–H groups in total. The average Bonchev–Trinajstić information content (AvgIpc) is 2.67. The van der Waals surface area contributed by atoms with E-state index in [0.29, 0.717) is 43.2 Å². The van der Waals surface area contributed by atoms with E-state index in [9.17, 15) is 13.2 Å². The van der Waals surface area contributed by atoms with Crippen molar-refractivity contribution in [3.05, 3.63) is 29.8 Å². The second kappa shape index (κ2) is 8.51. The number of piperidine rings is 1. The topological polar surface area (TPSA) is 62.1 Å². The van der Waals surface area contributed by atoms with Gasteiger partial charge in [-0.15, -0.1) is 0 Å². The zero-order valence-corrected chi connectivity index (χ0v) is 18.3. The first kappa shape index (κ1) is 21.3. The molecule has 3 rings (SSSR count). The van der Waals surface area contributed by atoms with E-state index in [1.165, 1.54) is 11.3 Å². The van der Waals surface area contributed by atoms with Crippen molar-refractivity contribution in [3.8, 4) is 0 Å². The van der Waals surface area contributed by atoms with Crippen LogP contribution < -0.4 is 4.90 Å². The Balaban J connectivity index is 1.63. The van der Waals surface area contributed by atoms with Gasteiger partial charge in [-0.3, -0.25) is 4.79 Å². The number of amides is 1. The predicted molar refractivity (Wildman–Crippen MR) is 110 cm³/mol. The fourth-order valence-corrected chi connectivity index (χ4v) is 6.00. The zero-order chi connectivity index (χ0) is 20.5. The first-order valence-corrected chi connectivity index (χ1v) is 11.9. The van der Waals surface area contributed by atoms with Gasteiger partial charge >= 0.3 is 0 Å². The van der Waals surface area contributed by atoms with Crippen LogP contribution in [0.3, 0.4) is 0 Å². The summed E-state index contributed by atoms with van der Waals surface area (Å²) in [6.07, 6.45) is 3.32. The molecule has 7 heteroatoms. The molecule has 1 amide bonds. The summed E-state index contributed by atoms with van der Waals surface area (Å²) >= 11 is 0.